The van der Waals surface area contributed by atoms with Gasteiger partial charge in [0.05, 0.1) is 12.1 Å². The topological polar surface area (TPSA) is 117 Å². The van der Waals surface area contributed by atoms with Gasteiger partial charge in [-0.3, -0.25) is 19.3 Å². The number of rotatable bonds is 7. The minimum Gasteiger partial charge on any atom is -0.444 e. The van der Waals surface area contributed by atoms with Crippen molar-refractivity contribution in [3.63, 3.8) is 0 Å². The lowest BCUT2D eigenvalue weighted by atomic mass is 9.87. The van der Waals surface area contributed by atoms with E-state index in [0.29, 0.717) is 19.4 Å². The maximum absolute atomic E-state index is 14.2. The molecule has 10 nitrogen and oxygen atoms in total. The zero-order valence-corrected chi connectivity index (χ0v) is 26.0. The number of fused-ring (bicyclic) bond motifs is 2. The molecule has 0 radical (unpaired) electrons. The summed E-state index contributed by atoms with van der Waals surface area (Å²) >= 11 is 0. The molecule has 3 aliphatic rings. The van der Waals surface area contributed by atoms with Crippen LogP contribution in [0.4, 0.5) is 4.79 Å². The number of amides is 4. The molecular formula is C32H48N4O6. The van der Waals surface area contributed by atoms with Crippen LogP contribution in [0.25, 0.3) is 0 Å². The van der Waals surface area contributed by atoms with Crippen LogP contribution in [-0.4, -0.2) is 83.1 Å². The molecule has 1 unspecified atom stereocenters. The molecule has 2 fully saturated rings. The molecular weight excluding hydrogens is 536 g/mol. The summed E-state index contributed by atoms with van der Waals surface area (Å²) in [6, 6.07) is 5.70. The van der Waals surface area contributed by atoms with Crippen LogP contribution in [0, 0.1) is 0 Å². The Labute approximate surface area is 249 Å². The molecule has 232 valence electrons. The Hall–Kier alpha value is -3.14. The lowest BCUT2D eigenvalue weighted by Crippen LogP contribution is -2.59. The highest BCUT2D eigenvalue weighted by Crippen LogP contribution is 2.34. The van der Waals surface area contributed by atoms with Crippen molar-refractivity contribution >= 4 is 23.8 Å². The van der Waals surface area contributed by atoms with Crippen LogP contribution in [0.1, 0.15) is 96.7 Å². The summed E-state index contributed by atoms with van der Waals surface area (Å²) < 4.78 is 11.4. The highest BCUT2D eigenvalue weighted by atomic mass is 16.6. The minimum absolute atomic E-state index is 0.0755. The zero-order chi connectivity index (χ0) is 30.6. The fourth-order valence-corrected chi connectivity index (χ4v) is 6.44. The van der Waals surface area contributed by atoms with Gasteiger partial charge in [-0.25, -0.2) is 4.79 Å². The summed E-state index contributed by atoms with van der Waals surface area (Å²) in [6.07, 6.45) is 5.12. The van der Waals surface area contributed by atoms with Crippen molar-refractivity contribution in [1.82, 2.24) is 20.4 Å². The van der Waals surface area contributed by atoms with Gasteiger partial charge < -0.3 is 25.0 Å². The molecule has 0 bridgehead atoms. The van der Waals surface area contributed by atoms with Crippen molar-refractivity contribution in [2.24, 2.45) is 0 Å². The third kappa shape index (κ3) is 7.43. The molecule has 2 aliphatic heterocycles. The standard InChI is InChI=1S/C32H48N4O6/c1-7-41-23-17-15-22-16-18-27(29(38)33-25-14-10-12-21-11-8-9-13-24(21)25)36(22)30(39)26(19-23)34-28(37)20(2)35(6)31(40)42-32(3,4)5/h8-9,11,13,20,22-23,25-27H,7,10,12,14-19H2,1-6H3,(H,33,38)(H,34,37)/t20-,22-,23?,25+,26-,27-/m0/s1. The molecule has 4 rings (SSSR count). The number of hydrogen-bond acceptors (Lipinski definition) is 6. The predicted molar refractivity (Wildman–Crippen MR) is 159 cm³/mol. The smallest absolute Gasteiger partial charge is 0.410 e. The van der Waals surface area contributed by atoms with Crippen molar-refractivity contribution < 1.29 is 28.7 Å². The van der Waals surface area contributed by atoms with Crippen LogP contribution in [0.15, 0.2) is 24.3 Å². The second-order valence-electron chi connectivity index (χ2n) is 12.9. The molecule has 42 heavy (non-hydrogen) atoms. The lowest BCUT2D eigenvalue weighted by Gasteiger charge is -2.38. The van der Waals surface area contributed by atoms with Crippen molar-refractivity contribution in [3.05, 3.63) is 35.4 Å². The molecule has 6 atom stereocenters. The number of aryl methyl sites for hydroxylation is 1. The first-order chi connectivity index (χ1) is 19.9. The number of carbonyl (C=O) groups is 4. The van der Waals surface area contributed by atoms with E-state index >= 15 is 0 Å². The Kier molecular flexibility index (Phi) is 10.2. The quantitative estimate of drug-likeness (QED) is 0.503. The van der Waals surface area contributed by atoms with Gasteiger partial charge in [-0.15, -0.1) is 0 Å². The van der Waals surface area contributed by atoms with Gasteiger partial charge in [-0.1, -0.05) is 24.3 Å². The van der Waals surface area contributed by atoms with Gasteiger partial charge in [0, 0.05) is 26.1 Å². The van der Waals surface area contributed by atoms with Crippen LogP contribution >= 0.6 is 0 Å². The minimum atomic E-state index is -0.879. The zero-order valence-electron chi connectivity index (χ0n) is 26.0. The average Bonchev–Trinajstić information content (AvgIpc) is 3.36. The second kappa shape index (κ2) is 13.4. The summed E-state index contributed by atoms with van der Waals surface area (Å²) in [5, 5.41) is 6.15. The monoisotopic (exact) mass is 584 g/mol. The van der Waals surface area contributed by atoms with E-state index in [0.717, 1.165) is 44.1 Å². The Morgan fingerprint density at radius 2 is 1.76 bits per heavy atom. The number of carbonyl (C=O) groups excluding carboxylic acids is 4. The first-order valence-electron chi connectivity index (χ1n) is 15.5. The number of benzene rings is 1. The third-order valence-corrected chi connectivity index (χ3v) is 8.72. The SMILES string of the molecule is CCOC1CC[C@H]2CC[C@@H](C(=O)N[C@@H]3CCCc4ccccc43)N2C(=O)[C@@H](NC(=O)[C@H](C)N(C)C(=O)OC(C)(C)C)C1. The Morgan fingerprint density at radius 3 is 2.48 bits per heavy atom. The largest absolute Gasteiger partial charge is 0.444 e. The first-order valence-corrected chi connectivity index (χ1v) is 15.5. The Balaban J connectivity index is 1.50. The molecule has 1 aliphatic carbocycles. The van der Waals surface area contributed by atoms with Crippen LogP contribution in [0.3, 0.4) is 0 Å². The van der Waals surface area contributed by atoms with Gasteiger partial charge in [0.15, 0.2) is 0 Å². The highest BCUT2D eigenvalue weighted by Gasteiger charge is 2.46. The summed E-state index contributed by atoms with van der Waals surface area (Å²) in [5.74, 6) is -0.878. The Morgan fingerprint density at radius 1 is 1.05 bits per heavy atom. The van der Waals surface area contributed by atoms with Gasteiger partial charge in [-0.2, -0.15) is 0 Å². The van der Waals surface area contributed by atoms with Crippen LogP contribution < -0.4 is 10.6 Å². The van der Waals surface area contributed by atoms with Gasteiger partial charge >= 0.3 is 6.09 Å². The van der Waals surface area contributed by atoms with E-state index < -0.39 is 35.7 Å². The van der Waals surface area contributed by atoms with Crippen LogP contribution in [-0.2, 0) is 30.3 Å². The molecule has 0 spiro atoms. The van der Waals surface area contributed by atoms with Gasteiger partial charge in [0.1, 0.15) is 23.7 Å². The van der Waals surface area contributed by atoms with E-state index in [1.54, 1.807) is 32.6 Å². The van der Waals surface area contributed by atoms with Gasteiger partial charge in [0.2, 0.25) is 17.7 Å². The average molecular weight is 585 g/mol. The van der Waals surface area contributed by atoms with E-state index in [-0.39, 0.29) is 30.0 Å². The third-order valence-electron chi connectivity index (χ3n) is 8.72. The van der Waals surface area contributed by atoms with Crippen LogP contribution in [0.5, 0.6) is 0 Å². The molecule has 1 aromatic rings. The fraction of sp³-hybridized carbons (Fsp3) is 0.688. The van der Waals surface area contributed by atoms with Crippen molar-refractivity contribution in [3.8, 4) is 0 Å². The predicted octanol–water partition coefficient (Wildman–Crippen LogP) is 3.87. The van der Waals surface area contributed by atoms with E-state index in [1.165, 1.54) is 17.5 Å². The van der Waals surface area contributed by atoms with Gasteiger partial charge in [0.25, 0.3) is 0 Å². The summed E-state index contributed by atoms with van der Waals surface area (Å²) in [7, 11) is 1.50. The normalized spacial score (nSPS) is 26.7. The number of likely N-dealkylation sites (N-methyl/N-ethyl adjacent to an activating group) is 1. The number of nitrogens with zero attached hydrogens (tertiary/aromatic N) is 2. The molecule has 2 N–H and O–H groups in total. The van der Waals surface area contributed by atoms with Crippen molar-refractivity contribution in [2.45, 2.75) is 128 Å². The van der Waals surface area contributed by atoms with E-state index in [9.17, 15) is 19.2 Å². The van der Waals surface area contributed by atoms with E-state index in [4.69, 9.17) is 9.47 Å². The summed E-state index contributed by atoms with van der Waals surface area (Å²) in [6.45, 7) is 9.30. The lowest BCUT2D eigenvalue weighted by molar-refractivity contribution is -0.146. The molecule has 0 saturated carbocycles. The van der Waals surface area contributed by atoms with Crippen molar-refractivity contribution in [2.75, 3.05) is 13.7 Å². The maximum atomic E-state index is 14.2. The van der Waals surface area contributed by atoms with Crippen molar-refractivity contribution in [1.29, 1.82) is 0 Å². The molecule has 4 amide bonds. The first kappa shape index (κ1) is 31.8. The van der Waals surface area contributed by atoms with Crippen LogP contribution in [0.2, 0.25) is 0 Å². The highest BCUT2D eigenvalue weighted by molar-refractivity contribution is 5.94. The fourth-order valence-electron chi connectivity index (χ4n) is 6.44. The van der Waals surface area contributed by atoms with E-state index in [2.05, 4.69) is 22.8 Å². The molecule has 2 saturated heterocycles. The number of ether oxygens (including phenoxy) is 2. The van der Waals surface area contributed by atoms with E-state index in [1.807, 2.05) is 19.1 Å². The maximum Gasteiger partial charge on any atom is 0.410 e. The Bertz CT molecular complexity index is 1150. The van der Waals surface area contributed by atoms with Gasteiger partial charge in [-0.05, 0) is 90.7 Å². The number of hydrogen-bond donors (Lipinski definition) is 2. The molecule has 1 aromatic carbocycles. The molecule has 2 heterocycles. The molecule has 10 heteroatoms. The summed E-state index contributed by atoms with van der Waals surface area (Å²) in [5.41, 5.74) is 1.70. The second-order valence-corrected chi connectivity index (χ2v) is 12.9. The molecule has 0 aromatic heterocycles. The summed E-state index contributed by atoms with van der Waals surface area (Å²) in [4.78, 5) is 56.8. The number of nitrogens with one attached hydrogen (secondary N) is 2.